The SMILES string of the molecule is N#Cc1ccccc1COc1ccc(C(=O)NC2CCCC2)cc1. The van der Waals surface area contributed by atoms with E-state index in [9.17, 15) is 4.79 Å². The van der Waals surface area contributed by atoms with Crippen LogP contribution in [0.1, 0.15) is 47.2 Å². The van der Waals surface area contributed by atoms with Gasteiger partial charge in [-0.15, -0.1) is 0 Å². The summed E-state index contributed by atoms with van der Waals surface area (Å²) in [6, 6.07) is 17.0. The second kappa shape index (κ2) is 7.65. The van der Waals surface area contributed by atoms with Crippen molar-refractivity contribution in [3.05, 3.63) is 65.2 Å². The molecule has 2 aromatic rings. The zero-order chi connectivity index (χ0) is 16.8. The minimum absolute atomic E-state index is 0.0247. The standard InChI is InChI=1S/C20H20N2O2/c21-13-16-5-1-2-6-17(16)14-24-19-11-9-15(10-12-19)20(23)22-18-7-3-4-8-18/h1-2,5-6,9-12,18H,3-4,7-8,14H2,(H,22,23). The minimum Gasteiger partial charge on any atom is -0.489 e. The molecule has 122 valence electrons. The van der Waals surface area contributed by atoms with E-state index in [2.05, 4.69) is 11.4 Å². The number of ether oxygens (including phenoxy) is 1. The molecule has 0 aliphatic heterocycles. The molecule has 0 aromatic heterocycles. The lowest BCUT2D eigenvalue weighted by Gasteiger charge is -2.12. The molecule has 24 heavy (non-hydrogen) atoms. The van der Waals surface area contributed by atoms with Crippen molar-refractivity contribution in [1.29, 1.82) is 5.26 Å². The fourth-order valence-electron chi connectivity index (χ4n) is 2.96. The van der Waals surface area contributed by atoms with Crippen LogP contribution in [0.3, 0.4) is 0 Å². The van der Waals surface area contributed by atoms with Crippen molar-refractivity contribution in [2.75, 3.05) is 0 Å². The zero-order valence-corrected chi connectivity index (χ0v) is 13.5. The first kappa shape index (κ1) is 16.1. The van der Waals surface area contributed by atoms with Gasteiger partial charge >= 0.3 is 0 Å². The van der Waals surface area contributed by atoms with Crippen molar-refractivity contribution >= 4 is 5.91 Å². The summed E-state index contributed by atoms with van der Waals surface area (Å²) in [4.78, 5) is 12.2. The van der Waals surface area contributed by atoms with Gasteiger partial charge in [-0.25, -0.2) is 0 Å². The molecule has 0 heterocycles. The fourth-order valence-corrected chi connectivity index (χ4v) is 2.96. The molecule has 0 atom stereocenters. The van der Waals surface area contributed by atoms with Crippen molar-refractivity contribution < 1.29 is 9.53 Å². The molecule has 0 spiro atoms. The third kappa shape index (κ3) is 3.94. The van der Waals surface area contributed by atoms with Crippen LogP contribution in [0.25, 0.3) is 0 Å². The van der Waals surface area contributed by atoms with Crippen molar-refractivity contribution in [1.82, 2.24) is 5.32 Å². The summed E-state index contributed by atoms with van der Waals surface area (Å²) in [6.45, 7) is 0.331. The highest BCUT2D eigenvalue weighted by molar-refractivity contribution is 5.94. The maximum absolute atomic E-state index is 12.2. The van der Waals surface area contributed by atoms with Crippen molar-refractivity contribution in [2.45, 2.75) is 38.3 Å². The summed E-state index contributed by atoms with van der Waals surface area (Å²) in [6.07, 6.45) is 4.54. The fraction of sp³-hybridized carbons (Fsp3) is 0.300. The Labute approximate surface area is 142 Å². The number of hydrogen-bond donors (Lipinski definition) is 1. The maximum Gasteiger partial charge on any atom is 0.251 e. The van der Waals surface area contributed by atoms with E-state index in [1.807, 2.05) is 18.2 Å². The van der Waals surface area contributed by atoms with Gasteiger partial charge in [-0.1, -0.05) is 31.0 Å². The Morgan fingerprint density at radius 3 is 2.54 bits per heavy atom. The molecule has 0 bridgehead atoms. The molecule has 0 unspecified atom stereocenters. The smallest absolute Gasteiger partial charge is 0.251 e. The molecule has 1 fully saturated rings. The Morgan fingerprint density at radius 2 is 1.83 bits per heavy atom. The molecular formula is C20H20N2O2. The van der Waals surface area contributed by atoms with Crippen LogP contribution in [0.4, 0.5) is 0 Å². The molecule has 1 aliphatic rings. The third-order valence-corrected chi connectivity index (χ3v) is 4.34. The van der Waals surface area contributed by atoms with Crippen LogP contribution in [-0.4, -0.2) is 11.9 Å². The van der Waals surface area contributed by atoms with Gasteiger partial charge in [0.15, 0.2) is 0 Å². The number of carbonyl (C=O) groups is 1. The predicted octanol–water partition coefficient (Wildman–Crippen LogP) is 3.81. The first-order chi connectivity index (χ1) is 11.8. The van der Waals surface area contributed by atoms with Crippen LogP contribution < -0.4 is 10.1 Å². The number of benzene rings is 2. The van der Waals surface area contributed by atoms with E-state index in [1.54, 1.807) is 30.3 Å². The van der Waals surface area contributed by atoms with Gasteiger partial charge in [-0.3, -0.25) is 4.79 Å². The number of nitriles is 1. The van der Waals surface area contributed by atoms with Crippen LogP contribution >= 0.6 is 0 Å². The molecule has 4 heteroatoms. The lowest BCUT2D eigenvalue weighted by Crippen LogP contribution is -2.32. The summed E-state index contributed by atoms with van der Waals surface area (Å²) < 4.78 is 5.72. The molecule has 0 radical (unpaired) electrons. The van der Waals surface area contributed by atoms with Gasteiger partial charge in [0, 0.05) is 17.2 Å². The molecule has 1 aliphatic carbocycles. The number of carbonyl (C=O) groups excluding carboxylic acids is 1. The van der Waals surface area contributed by atoms with Crippen LogP contribution in [0.5, 0.6) is 5.75 Å². The van der Waals surface area contributed by atoms with Crippen LogP contribution in [0.2, 0.25) is 0 Å². The van der Waals surface area contributed by atoms with Crippen molar-refractivity contribution in [3.63, 3.8) is 0 Å². The highest BCUT2D eigenvalue weighted by atomic mass is 16.5. The molecule has 2 aromatic carbocycles. The maximum atomic E-state index is 12.2. The number of rotatable bonds is 5. The molecule has 1 saturated carbocycles. The third-order valence-electron chi connectivity index (χ3n) is 4.34. The summed E-state index contributed by atoms with van der Waals surface area (Å²) in [7, 11) is 0. The van der Waals surface area contributed by atoms with Gasteiger partial charge in [-0.2, -0.15) is 5.26 Å². The normalized spacial score (nSPS) is 14.1. The Hall–Kier alpha value is -2.80. The van der Waals surface area contributed by atoms with E-state index in [1.165, 1.54) is 12.8 Å². The molecule has 1 N–H and O–H groups in total. The highest BCUT2D eigenvalue weighted by Gasteiger charge is 2.17. The zero-order valence-electron chi connectivity index (χ0n) is 13.5. The van der Waals surface area contributed by atoms with E-state index in [-0.39, 0.29) is 5.91 Å². The Kier molecular flexibility index (Phi) is 5.12. The second-order valence-electron chi connectivity index (χ2n) is 6.04. The average Bonchev–Trinajstić information content (AvgIpc) is 3.13. The van der Waals surface area contributed by atoms with E-state index in [0.717, 1.165) is 18.4 Å². The van der Waals surface area contributed by atoms with Crippen LogP contribution in [0.15, 0.2) is 48.5 Å². The van der Waals surface area contributed by atoms with E-state index in [4.69, 9.17) is 10.00 Å². The van der Waals surface area contributed by atoms with Gasteiger partial charge in [0.25, 0.3) is 5.91 Å². The summed E-state index contributed by atoms with van der Waals surface area (Å²) >= 11 is 0. The lowest BCUT2D eigenvalue weighted by molar-refractivity contribution is 0.0938. The Morgan fingerprint density at radius 1 is 1.12 bits per heavy atom. The minimum atomic E-state index is -0.0247. The van der Waals surface area contributed by atoms with Crippen LogP contribution in [0, 0.1) is 11.3 Å². The second-order valence-corrected chi connectivity index (χ2v) is 6.04. The summed E-state index contributed by atoms with van der Waals surface area (Å²) in [5.74, 6) is 0.656. The summed E-state index contributed by atoms with van der Waals surface area (Å²) in [5, 5.41) is 12.2. The average molecular weight is 320 g/mol. The molecular weight excluding hydrogens is 300 g/mol. The first-order valence-electron chi connectivity index (χ1n) is 8.28. The Bertz CT molecular complexity index is 741. The van der Waals surface area contributed by atoms with Gasteiger partial charge in [0.05, 0.1) is 11.6 Å². The van der Waals surface area contributed by atoms with Gasteiger partial charge in [-0.05, 0) is 43.2 Å². The lowest BCUT2D eigenvalue weighted by atomic mass is 10.1. The van der Waals surface area contributed by atoms with E-state index < -0.39 is 0 Å². The predicted molar refractivity (Wildman–Crippen MR) is 91.7 cm³/mol. The van der Waals surface area contributed by atoms with Crippen molar-refractivity contribution in [3.8, 4) is 11.8 Å². The van der Waals surface area contributed by atoms with Gasteiger partial charge in [0.2, 0.25) is 0 Å². The number of hydrogen-bond acceptors (Lipinski definition) is 3. The quantitative estimate of drug-likeness (QED) is 0.911. The molecule has 0 saturated heterocycles. The number of nitrogens with zero attached hydrogens (tertiary/aromatic N) is 1. The molecule has 3 rings (SSSR count). The molecule has 1 amide bonds. The first-order valence-corrected chi connectivity index (χ1v) is 8.28. The summed E-state index contributed by atoms with van der Waals surface area (Å²) in [5.41, 5.74) is 2.11. The Balaban J connectivity index is 1.58. The largest absolute Gasteiger partial charge is 0.489 e. The van der Waals surface area contributed by atoms with Crippen molar-refractivity contribution in [2.24, 2.45) is 0 Å². The van der Waals surface area contributed by atoms with Gasteiger partial charge in [0.1, 0.15) is 12.4 Å². The van der Waals surface area contributed by atoms with E-state index in [0.29, 0.717) is 29.5 Å². The topological polar surface area (TPSA) is 62.1 Å². The van der Waals surface area contributed by atoms with Gasteiger partial charge < -0.3 is 10.1 Å². The van der Waals surface area contributed by atoms with Crippen LogP contribution in [-0.2, 0) is 6.61 Å². The monoisotopic (exact) mass is 320 g/mol. The highest BCUT2D eigenvalue weighted by Crippen LogP contribution is 2.19. The van der Waals surface area contributed by atoms with E-state index >= 15 is 0 Å². The number of amides is 1. The number of nitrogens with one attached hydrogen (secondary N) is 1. The molecule has 4 nitrogen and oxygen atoms in total.